The maximum atomic E-state index is 13.2. The summed E-state index contributed by atoms with van der Waals surface area (Å²) in [4.78, 5) is 27.7. The van der Waals surface area contributed by atoms with Crippen molar-refractivity contribution in [3.8, 4) is 10.6 Å². The molecule has 0 atom stereocenters. The number of nitrogens with zero attached hydrogens (tertiary/aromatic N) is 4. The van der Waals surface area contributed by atoms with E-state index >= 15 is 0 Å². The Hall–Kier alpha value is -3.07. The van der Waals surface area contributed by atoms with Gasteiger partial charge in [-0.05, 0) is 31.2 Å². The third-order valence-corrected chi connectivity index (χ3v) is 4.94. The van der Waals surface area contributed by atoms with Gasteiger partial charge in [-0.1, -0.05) is 0 Å². The fourth-order valence-electron chi connectivity index (χ4n) is 2.74. The number of fused-ring (bicyclic) bond motifs is 1. The highest BCUT2D eigenvalue weighted by Crippen LogP contribution is 2.29. The van der Waals surface area contributed by atoms with Crippen LogP contribution in [0.15, 0.2) is 30.5 Å². The van der Waals surface area contributed by atoms with Crippen LogP contribution in [-0.2, 0) is 13.1 Å². The lowest BCUT2D eigenvalue weighted by Gasteiger charge is -2.16. The second kappa shape index (κ2) is 6.34. The predicted molar refractivity (Wildman–Crippen MR) is 97.0 cm³/mol. The molecule has 0 aromatic carbocycles. The molecule has 0 fully saturated rings. The third-order valence-electron chi connectivity index (χ3n) is 4.04. The molecule has 3 aromatic rings. The molecular formula is C17H15FN6OS. The van der Waals surface area contributed by atoms with Gasteiger partial charge in [-0.2, -0.15) is 4.39 Å². The average Bonchev–Trinajstić information content (AvgIpc) is 3.22. The number of amides is 2. The van der Waals surface area contributed by atoms with Gasteiger partial charge in [0.25, 0.3) is 0 Å². The van der Waals surface area contributed by atoms with Crippen molar-refractivity contribution < 1.29 is 9.18 Å². The van der Waals surface area contributed by atoms with Crippen LogP contribution in [0.25, 0.3) is 10.6 Å². The molecule has 2 amide bonds. The Kier molecular flexibility index (Phi) is 4.00. The van der Waals surface area contributed by atoms with Gasteiger partial charge in [-0.3, -0.25) is 5.32 Å². The largest absolute Gasteiger partial charge is 0.396 e. The number of carbonyl (C=O) groups is 1. The Morgan fingerprint density at radius 3 is 2.88 bits per heavy atom. The van der Waals surface area contributed by atoms with Crippen molar-refractivity contribution in [2.75, 3.05) is 11.1 Å². The minimum atomic E-state index is -0.325. The van der Waals surface area contributed by atoms with Crippen LogP contribution >= 0.6 is 11.3 Å². The first-order chi connectivity index (χ1) is 12.5. The van der Waals surface area contributed by atoms with Crippen LogP contribution in [0, 0.1) is 12.1 Å². The van der Waals surface area contributed by atoms with E-state index in [-0.39, 0.29) is 17.0 Å². The topological polar surface area (TPSA) is 97.0 Å². The molecule has 0 aliphatic carbocycles. The van der Waals surface area contributed by atoms with E-state index in [1.165, 1.54) is 6.07 Å². The Labute approximate surface area is 152 Å². The van der Waals surface area contributed by atoms with E-state index in [4.69, 9.17) is 5.73 Å². The first-order valence-corrected chi connectivity index (χ1v) is 8.71. The van der Waals surface area contributed by atoms with Crippen LogP contribution in [0.3, 0.4) is 0 Å². The number of rotatable bonds is 2. The van der Waals surface area contributed by atoms with Crippen LogP contribution in [0.1, 0.15) is 17.1 Å². The molecule has 0 spiro atoms. The minimum Gasteiger partial charge on any atom is -0.396 e. The monoisotopic (exact) mass is 370 g/mol. The number of urea groups is 1. The summed E-state index contributed by atoms with van der Waals surface area (Å²) in [7, 11) is 0. The van der Waals surface area contributed by atoms with Crippen LogP contribution in [0.2, 0.25) is 0 Å². The number of aromatic nitrogens is 3. The first kappa shape index (κ1) is 16.4. The van der Waals surface area contributed by atoms with Gasteiger partial charge < -0.3 is 10.6 Å². The highest BCUT2D eigenvalue weighted by molar-refractivity contribution is 7.13. The van der Waals surface area contributed by atoms with E-state index in [2.05, 4.69) is 20.3 Å². The number of hydrogen-bond acceptors (Lipinski definition) is 6. The van der Waals surface area contributed by atoms with Crippen molar-refractivity contribution in [1.82, 2.24) is 19.9 Å². The molecule has 1 aliphatic rings. The van der Waals surface area contributed by atoms with Gasteiger partial charge in [-0.25, -0.2) is 19.7 Å². The highest BCUT2D eigenvalue weighted by atomic mass is 32.1. The molecule has 132 valence electrons. The molecule has 3 N–H and O–H groups in total. The van der Waals surface area contributed by atoms with Gasteiger partial charge in [0.15, 0.2) is 10.9 Å². The zero-order valence-corrected chi connectivity index (χ0v) is 14.7. The van der Waals surface area contributed by atoms with Crippen molar-refractivity contribution in [3.63, 3.8) is 0 Å². The SMILES string of the molecule is Cc1ncc2c(n1)CN(C(=O)Nc1nc(-c3ccc(F)s3)ccc1N)C2. The fourth-order valence-corrected chi connectivity index (χ4v) is 3.44. The number of nitrogens with two attached hydrogens (primary N) is 1. The van der Waals surface area contributed by atoms with E-state index in [1.807, 2.05) is 6.92 Å². The van der Waals surface area contributed by atoms with Gasteiger partial charge in [-0.15, -0.1) is 11.3 Å². The Morgan fingerprint density at radius 2 is 2.12 bits per heavy atom. The maximum Gasteiger partial charge on any atom is 0.323 e. The molecule has 7 nitrogen and oxygen atoms in total. The van der Waals surface area contributed by atoms with E-state index in [0.29, 0.717) is 35.2 Å². The Balaban J connectivity index is 1.53. The summed E-state index contributed by atoms with van der Waals surface area (Å²) in [6, 6.07) is 6.03. The van der Waals surface area contributed by atoms with E-state index in [1.54, 1.807) is 29.3 Å². The predicted octanol–water partition coefficient (Wildman–Crippen LogP) is 3.18. The maximum absolute atomic E-state index is 13.2. The fraction of sp³-hybridized carbons (Fsp3) is 0.176. The molecule has 0 unspecified atom stereocenters. The quantitative estimate of drug-likeness (QED) is 0.722. The smallest absolute Gasteiger partial charge is 0.323 e. The van der Waals surface area contributed by atoms with Crippen LogP contribution < -0.4 is 11.1 Å². The molecule has 3 aromatic heterocycles. The summed E-state index contributed by atoms with van der Waals surface area (Å²) >= 11 is 0.984. The average molecular weight is 370 g/mol. The van der Waals surface area contributed by atoms with Crippen LogP contribution in [-0.4, -0.2) is 25.9 Å². The molecule has 0 radical (unpaired) electrons. The molecule has 0 bridgehead atoms. The molecule has 26 heavy (non-hydrogen) atoms. The Bertz CT molecular complexity index is 1000. The number of aryl methyl sites for hydroxylation is 1. The summed E-state index contributed by atoms with van der Waals surface area (Å²) < 4.78 is 13.2. The standard InChI is InChI=1S/C17H15FN6OS/c1-9-20-6-10-7-24(8-13(10)21-9)17(25)23-16-11(19)2-3-12(22-16)14-4-5-15(18)26-14/h2-6H,7-8,19H2,1H3,(H,22,23,25). The normalized spacial score (nSPS) is 12.9. The van der Waals surface area contributed by atoms with Crippen LogP contribution in [0.4, 0.5) is 20.7 Å². The van der Waals surface area contributed by atoms with E-state index in [9.17, 15) is 9.18 Å². The molecule has 0 saturated heterocycles. The van der Waals surface area contributed by atoms with E-state index in [0.717, 1.165) is 22.6 Å². The lowest BCUT2D eigenvalue weighted by atomic mass is 10.3. The number of halogens is 1. The number of pyridine rings is 1. The minimum absolute atomic E-state index is 0.250. The second-order valence-electron chi connectivity index (χ2n) is 5.91. The first-order valence-electron chi connectivity index (χ1n) is 7.89. The van der Waals surface area contributed by atoms with Gasteiger partial charge in [0, 0.05) is 11.8 Å². The van der Waals surface area contributed by atoms with Gasteiger partial charge >= 0.3 is 6.03 Å². The molecule has 1 aliphatic heterocycles. The van der Waals surface area contributed by atoms with Crippen molar-refractivity contribution in [3.05, 3.63) is 52.7 Å². The lowest BCUT2D eigenvalue weighted by Crippen LogP contribution is -2.31. The number of nitrogens with one attached hydrogen (secondary N) is 1. The summed E-state index contributed by atoms with van der Waals surface area (Å²) in [6.07, 6.45) is 1.74. The van der Waals surface area contributed by atoms with Gasteiger partial charge in [0.2, 0.25) is 0 Å². The summed E-state index contributed by atoms with van der Waals surface area (Å²) in [5, 5.41) is 2.44. The summed E-state index contributed by atoms with van der Waals surface area (Å²) in [6.45, 7) is 2.64. The van der Waals surface area contributed by atoms with Crippen molar-refractivity contribution >= 4 is 28.9 Å². The number of thiophene rings is 1. The second-order valence-corrected chi connectivity index (χ2v) is 6.95. The molecule has 4 rings (SSSR count). The van der Waals surface area contributed by atoms with E-state index < -0.39 is 0 Å². The third kappa shape index (κ3) is 3.08. The number of nitrogen functional groups attached to an aromatic ring is 1. The van der Waals surface area contributed by atoms with Crippen LogP contribution in [0.5, 0.6) is 0 Å². The number of anilines is 2. The summed E-state index contributed by atoms with van der Waals surface area (Å²) in [5.41, 5.74) is 8.59. The zero-order valence-electron chi connectivity index (χ0n) is 13.9. The van der Waals surface area contributed by atoms with Gasteiger partial charge in [0.1, 0.15) is 5.82 Å². The lowest BCUT2D eigenvalue weighted by molar-refractivity contribution is 0.212. The zero-order chi connectivity index (χ0) is 18.3. The van der Waals surface area contributed by atoms with Crippen molar-refractivity contribution in [2.24, 2.45) is 0 Å². The molecule has 4 heterocycles. The highest BCUT2D eigenvalue weighted by Gasteiger charge is 2.25. The number of carbonyl (C=O) groups excluding carboxylic acids is 1. The summed E-state index contributed by atoms with van der Waals surface area (Å²) in [5.74, 6) is 0.923. The molecule has 9 heteroatoms. The molecule has 0 saturated carbocycles. The Morgan fingerprint density at radius 1 is 1.27 bits per heavy atom. The van der Waals surface area contributed by atoms with Crippen molar-refractivity contribution in [2.45, 2.75) is 20.0 Å². The van der Waals surface area contributed by atoms with Crippen molar-refractivity contribution in [1.29, 1.82) is 0 Å². The molecular weight excluding hydrogens is 355 g/mol. The number of hydrogen-bond donors (Lipinski definition) is 2. The van der Waals surface area contributed by atoms with Gasteiger partial charge in [0.05, 0.1) is 35.0 Å².